The SMILES string of the molecule is Cc1cccc2c1N1c3ccc(N(c4ccc(-c5ccccc5)cc4)c4ccc5c6ccccc6c6ccccc6c5c4)cc3C(C)(C)c3cccc(c31)O2. The van der Waals surface area contributed by atoms with E-state index in [2.05, 4.69) is 206 Å². The Kier molecular flexibility index (Phi) is 6.81. The highest BCUT2D eigenvalue weighted by molar-refractivity contribution is 6.25. The second-order valence-corrected chi connectivity index (χ2v) is 15.4. The molecule has 262 valence electrons. The summed E-state index contributed by atoms with van der Waals surface area (Å²) in [7, 11) is 0. The summed E-state index contributed by atoms with van der Waals surface area (Å²) >= 11 is 0. The van der Waals surface area contributed by atoms with Gasteiger partial charge in [-0.15, -0.1) is 0 Å². The van der Waals surface area contributed by atoms with Crippen LogP contribution in [0.1, 0.15) is 30.5 Å². The van der Waals surface area contributed by atoms with Gasteiger partial charge in [0.1, 0.15) is 0 Å². The van der Waals surface area contributed by atoms with Crippen LogP contribution >= 0.6 is 0 Å². The van der Waals surface area contributed by atoms with E-state index in [1.807, 2.05) is 0 Å². The van der Waals surface area contributed by atoms with Crippen LogP contribution < -0.4 is 14.5 Å². The Labute approximate surface area is 321 Å². The summed E-state index contributed by atoms with van der Waals surface area (Å²) in [6.07, 6.45) is 0. The van der Waals surface area contributed by atoms with E-state index in [4.69, 9.17) is 4.74 Å². The quantitative estimate of drug-likeness (QED) is 0.169. The van der Waals surface area contributed by atoms with Crippen LogP contribution in [0, 0.1) is 6.92 Å². The second-order valence-electron chi connectivity index (χ2n) is 15.4. The number of fused-ring (bicyclic) bond motifs is 10. The Bertz CT molecular complexity index is 2960. The smallest absolute Gasteiger partial charge is 0.151 e. The zero-order valence-electron chi connectivity index (χ0n) is 31.0. The van der Waals surface area contributed by atoms with Gasteiger partial charge in [-0.25, -0.2) is 0 Å². The molecule has 0 saturated heterocycles. The van der Waals surface area contributed by atoms with Crippen LogP contribution in [0.3, 0.4) is 0 Å². The molecule has 0 aromatic heterocycles. The number of aryl methyl sites for hydroxylation is 1. The lowest BCUT2D eigenvalue weighted by molar-refractivity contribution is 0.471. The molecular weight excluding hydrogens is 669 g/mol. The normalized spacial score (nSPS) is 13.6. The van der Waals surface area contributed by atoms with Gasteiger partial charge in [0.2, 0.25) is 0 Å². The summed E-state index contributed by atoms with van der Waals surface area (Å²) in [6, 6.07) is 64.1. The van der Waals surface area contributed by atoms with Crippen LogP contribution in [-0.4, -0.2) is 0 Å². The van der Waals surface area contributed by atoms with E-state index < -0.39 is 0 Å². The maximum Gasteiger partial charge on any atom is 0.151 e. The van der Waals surface area contributed by atoms with Gasteiger partial charge in [-0.3, -0.25) is 0 Å². The summed E-state index contributed by atoms with van der Waals surface area (Å²) in [6.45, 7) is 6.88. The van der Waals surface area contributed by atoms with Crippen molar-refractivity contribution in [2.75, 3.05) is 9.80 Å². The minimum Gasteiger partial charge on any atom is -0.453 e. The van der Waals surface area contributed by atoms with Crippen LogP contribution in [0.25, 0.3) is 43.4 Å². The molecular formula is C52H38N2O. The maximum absolute atomic E-state index is 6.58. The lowest BCUT2D eigenvalue weighted by atomic mass is 9.73. The number of nitrogens with zero attached hydrogens (tertiary/aromatic N) is 2. The minimum absolute atomic E-state index is 0.294. The van der Waals surface area contributed by atoms with Gasteiger partial charge in [0, 0.05) is 22.5 Å². The molecule has 9 aromatic rings. The van der Waals surface area contributed by atoms with Crippen LogP contribution in [0.15, 0.2) is 176 Å². The highest BCUT2D eigenvalue weighted by Gasteiger charge is 2.42. The summed E-state index contributed by atoms with van der Waals surface area (Å²) in [4.78, 5) is 4.87. The Morgan fingerprint density at radius 1 is 0.436 bits per heavy atom. The summed E-state index contributed by atoms with van der Waals surface area (Å²) in [5.74, 6) is 1.78. The zero-order valence-corrected chi connectivity index (χ0v) is 31.0. The summed E-state index contributed by atoms with van der Waals surface area (Å²) < 4.78 is 6.58. The fourth-order valence-electron chi connectivity index (χ4n) is 9.23. The van der Waals surface area contributed by atoms with Gasteiger partial charge in [-0.1, -0.05) is 135 Å². The number of para-hydroxylation sites is 2. The number of hydrogen-bond donors (Lipinski definition) is 0. The highest BCUT2D eigenvalue weighted by atomic mass is 16.5. The van der Waals surface area contributed by atoms with E-state index in [9.17, 15) is 0 Å². The molecule has 0 radical (unpaired) electrons. The van der Waals surface area contributed by atoms with Crippen LogP contribution in [0.2, 0.25) is 0 Å². The van der Waals surface area contributed by atoms with Gasteiger partial charge in [-0.05, 0) is 122 Å². The molecule has 0 fully saturated rings. The fourth-order valence-corrected chi connectivity index (χ4v) is 9.23. The van der Waals surface area contributed by atoms with Crippen molar-refractivity contribution in [1.82, 2.24) is 0 Å². The predicted molar refractivity (Wildman–Crippen MR) is 231 cm³/mol. The van der Waals surface area contributed by atoms with E-state index in [0.29, 0.717) is 0 Å². The zero-order chi connectivity index (χ0) is 36.8. The first-order valence-electron chi connectivity index (χ1n) is 19.1. The van der Waals surface area contributed by atoms with Crippen molar-refractivity contribution in [2.24, 2.45) is 0 Å². The Balaban J connectivity index is 1.15. The number of benzene rings is 9. The molecule has 0 atom stereocenters. The number of hydrogen-bond acceptors (Lipinski definition) is 3. The highest BCUT2D eigenvalue weighted by Crippen LogP contribution is 2.61. The lowest BCUT2D eigenvalue weighted by Gasteiger charge is -2.45. The van der Waals surface area contributed by atoms with Crippen LogP contribution in [-0.2, 0) is 5.41 Å². The molecule has 3 heteroatoms. The molecule has 3 nitrogen and oxygen atoms in total. The van der Waals surface area contributed by atoms with Crippen molar-refractivity contribution < 1.29 is 4.74 Å². The van der Waals surface area contributed by atoms with Crippen LogP contribution in [0.5, 0.6) is 11.5 Å². The van der Waals surface area contributed by atoms with E-state index in [1.165, 1.54) is 65.8 Å². The molecule has 0 bridgehead atoms. The summed E-state index contributed by atoms with van der Waals surface area (Å²) in [5.41, 5.74) is 12.6. The van der Waals surface area contributed by atoms with Gasteiger partial charge in [0.15, 0.2) is 11.5 Å². The molecule has 0 spiro atoms. The predicted octanol–water partition coefficient (Wildman–Crippen LogP) is 14.8. The fraction of sp³-hybridized carbons (Fsp3) is 0.0769. The number of rotatable bonds is 4. The van der Waals surface area contributed by atoms with Crippen molar-refractivity contribution in [2.45, 2.75) is 26.2 Å². The van der Waals surface area contributed by atoms with Crippen molar-refractivity contribution in [1.29, 1.82) is 0 Å². The lowest BCUT2D eigenvalue weighted by Crippen LogP contribution is -2.32. The van der Waals surface area contributed by atoms with Gasteiger partial charge in [0.05, 0.1) is 17.1 Å². The van der Waals surface area contributed by atoms with Crippen molar-refractivity contribution in [3.05, 3.63) is 193 Å². The standard InChI is InChI=1S/C52H38N2O/c1-33-13-11-21-48-50(33)54-47-30-28-38(32-46(47)52(2,3)45-20-12-22-49(55-48)51(45)54)53(36-25-23-35(24-26-36)34-14-5-4-6-15-34)37-27-29-43-41-18-8-7-16-39(41)40-17-9-10-19-42(40)44(43)31-37/h4-32H,1-3H3. The van der Waals surface area contributed by atoms with E-state index in [-0.39, 0.29) is 5.41 Å². The Morgan fingerprint density at radius 2 is 0.982 bits per heavy atom. The van der Waals surface area contributed by atoms with Gasteiger partial charge in [0.25, 0.3) is 0 Å². The molecule has 2 heterocycles. The van der Waals surface area contributed by atoms with Gasteiger partial charge < -0.3 is 14.5 Å². The molecule has 2 aliphatic heterocycles. The molecule has 11 rings (SSSR count). The first kappa shape index (κ1) is 31.7. The van der Waals surface area contributed by atoms with Gasteiger partial charge >= 0.3 is 0 Å². The number of ether oxygens (including phenoxy) is 1. The first-order chi connectivity index (χ1) is 27.0. The second kappa shape index (κ2) is 11.8. The number of anilines is 6. The average molecular weight is 707 g/mol. The third kappa shape index (κ3) is 4.69. The molecule has 0 aliphatic carbocycles. The van der Waals surface area contributed by atoms with E-state index in [1.54, 1.807) is 0 Å². The largest absolute Gasteiger partial charge is 0.453 e. The minimum atomic E-state index is -0.294. The third-order valence-electron chi connectivity index (χ3n) is 11.9. The maximum atomic E-state index is 6.58. The van der Waals surface area contributed by atoms with Crippen LogP contribution in [0.4, 0.5) is 34.1 Å². The van der Waals surface area contributed by atoms with Gasteiger partial charge in [-0.2, -0.15) is 0 Å². The molecule has 0 unspecified atom stereocenters. The van der Waals surface area contributed by atoms with Crippen molar-refractivity contribution in [3.63, 3.8) is 0 Å². The molecule has 2 aliphatic rings. The molecule has 55 heavy (non-hydrogen) atoms. The van der Waals surface area contributed by atoms with Crippen molar-refractivity contribution in [3.8, 4) is 22.6 Å². The summed E-state index contributed by atoms with van der Waals surface area (Å²) in [5, 5.41) is 7.60. The Hall–Kier alpha value is -6.84. The molecule has 0 saturated carbocycles. The Morgan fingerprint density at radius 3 is 1.69 bits per heavy atom. The van der Waals surface area contributed by atoms with Crippen molar-refractivity contribution >= 4 is 66.4 Å². The van der Waals surface area contributed by atoms with E-state index >= 15 is 0 Å². The van der Waals surface area contributed by atoms with E-state index in [0.717, 1.165) is 39.9 Å². The monoisotopic (exact) mass is 706 g/mol. The molecule has 0 amide bonds. The molecule has 9 aromatic carbocycles. The average Bonchev–Trinajstić information content (AvgIpc) is 3.23. The first-order valence-corrected chi connectivity index (χ1v) is 19.1. The third-order valence-corrected chi connectivity index (χ3v) is 11.9. The molecule has 0 N–H and O–H groups in total. The topological polar surface area (TPSA) is 15.7 Å².